The quantitative estimate of drug-likeness (QED) is 0.137. The molecule has 0 spiro atoms. The number of carbonyl (C=O) groups is 1. The lowest BCUT2D eigenvalue weighted by Crippen LogP contribution is -2.28. The average Bonchev–Trinajstić information content (AvgIpc) is 3.54. The molecule has 1 fully saturated rings. The first-order chi connectivity index (χ1) is 18.8. The molecule has 6 nitrogen and oxygen atoms in total. The Morgan fingerprint density at radius 3 is 2.38 bits per heavy atom. The number of thioether (sulfide) groups is 1. The van der Waals surface area contributed by atoms with Gasteiger partial charge in [0.2, 0.25) is 0 Å². The summed E-state index contributed by atoms with van der Waals surface area (Å²) in [7, 11) is 0. The largest absolute Gasteiger partial charge is 0.467 e. The number of amides is 1. The van der Waals surface area contributed by atoms with Gasteiger partial charge in [-0.3, -0.25) is 9.69 Å². The molecule has 0 aliphatic carbocycles. The van der Waals surface area contributed by atoms with Crippen molar-refractivity contribution in [3.63, 3.8) is 0 Å². The van der Waals surface area contributed by atoms with Crippen molar-refractivity contribution < 1.29 is 13.9 Å². The standard InChI is InChI=1S/C32H29N3O3S/c1-32(2,3)25-16-14-23(15-17-25)21-33-34-31-35(22-28-13-8-18-37-28)30(36)29(39-31)20-24-9-7-12-27(19-24)38-26-10-5-4-6-11-26/h4-21H,22H2,1-3H3/b29-20-,33-21-,34-31+. The maximum absolute atomic E-state index is 13.4. The van der Waals surface area contributed by atoms with E-state index in [1.165, 1.54) is 17.3 Å². The minimum atomic E-state index is -0.158. The van der Waals surface area contributed by atoms with Crippen LogP contribution in [0, 0.1) is 0 Å². The maximum atomic E-state index is 13.4. The molecule has 196 valence electrons. The van der Waals surface area contributed by atoms with Gasteiger partial charge in [-0.1, -0.05) is 75.4 Å². The van der Waals surface area contributed by atoms with Crippen LogP contribution in [-0.2, 0) is 16.8 Å². The number of ether oxygens (including phenoxy) is 1. The molecule has 0 atom stereocenters. The van der Waals surface area contributed by atoms with Crippen LogP contribution >= 0.6 is 11.8 Å². The van der Waals surface area contributed by atoms with Gasteiger partial charge in [0, 0.05) is 0 Å². The fourth-order valence-corrected chi connectivity index (χ4v) is 4.87. The van der Waals surface area contributed by atoms with Crippen molar-refractivity contribution in [3.8, 4) is 11.5 Å². The predicted molar refractivity (Wildman–Crippen MR) is 158 cm³/mol. The highest BCUT2D eigenvalue weighted by atomic mass is 32.2. The Morgan fingerprint density at radius 1 is 0.897 bits per heavy atom. The van der Waals surface area contributed by atoms with Crippen LogP contribution in [0.2, 0.25) is 0 Å². The van der Waals surface area contributed by atoms with Crippen molar-refractivity contribution in [2.45, 2.75) is 32.7 Å². The molecule has 0 radical (unpaired) electrons. The van der Waals surface area contributed by atoms with Crippen LogP contribution in [-0.4, -0.2) is 22.2 Å². The summed E-state index contributed by atoms with van der Waals surface area (Å²) in [4.78, 5) is 15.5. The second-order valence-corrected chi connectivity index (χ2v) is 11.1. The lowest BCUT2D eigenvalue weighted by atomic mass is 9.87. The lowest BCUT2D eigenvalue weighted by Gasteiger charge is -2.18. The summed E-state index contributed by atoms with van der Waals surface area (Å²) in [5, 5.41) is 9.20. The van der Waals surface area contributed by atoms with E-state index >= 15 is 0 Å². The van der Waals surface area contributed by atoms with Gasteiger partial charge >= 0.3 is 0 Å². The summed E-state index contributed by atoms with van der Waals surface area (Å²) in [6.07, 6.45) is 5.13. The first kappa shape index (κ1) is 26.3. The van der Waals surface area contributed by atoms with E-state index in [1.807, 2.05) is 78.9 Å². The van der Waals surface area contributed by atoms with Crippen LogP contribution in [0.4, 0.5) is 0 Å². The van der Waals surface area contributed by atoms with Crippen molar-refractivity contribution in [2.75, 3.05) is 0 Å². The van der Waals surface area contributed by atoms with Gasteiger partial charge in [0.1, 0.15) is 17.3 Å². The van der Waals surface area contributed by atoms with Gasteiger partial charge in [0.25, 0.3) is 5.91 Å². The SMILES string of the molecule is CC(C)(C)c1ccc(/C=N\N=C2\S/C(=C\c3cccc(Oc4ccccc4)c3)C(=O)N2Cc2ccco2)cc1. The van der Waals surface area contributed by atoms with E-state index in [9.17, 15) is 4.79 Å². The summed E-state index contributed by atoms with van der Waals surface area (Å²) in [6, 6.07) is 29.1. The molecule has 1 aliphatic heterocycles. The van der Waals surface area contributed by atoms with Gasteiger partial charge in [-0.2, -0.15) is 5.10 Å². The Balaban J connectivity index is 1.38. The topological polar surface area (TPSA) is 67.4 Å². The number of furan rings is 1. The van der Waals surface area contributed by atoms with Gasteiger partial charge < -0.3 is 9.15 Å². The summed E-state index contributed by atoms with van der Waals surface area (Å²) in [5.74, 6) is 1.94. The van der Waals surface area contributed by atoms with Crippen molar-refractivity contribution >= 4 is 35.1 Å². The molecule has 2 heterocycles. The molecule has 1 amide bonds. The number of para-hydroxylation sites is 1. The zero-order valence-corrected chi connectivity index (χ0v) is 22.9. The van der Waals surface area contributed by atoms with Crippen LogP contribution in [0.25, 0.3) is 6.08 Å². The van der Waals surface area contributed by atoms with Gasteiger partial charge in [-0.05, 0) is 76.3 Å². The van der Waals surface area contributed by atoms with Crippen molar-refractivity contribution in [3.05, 3.63) is 125 Å². The van der Waals surface area contributed by atoms with Gasteiger partial charge in [-0.15, -0.1) is 5.10 Å². The predicted octanol–water partition coefficient (Wildman–Crippen LogP) is 7.88. The smallest absolute Gasteiger partial charge is 0.267 e. The van der Waals surface area contributed by atoms with Crippen LogP contribution in [0.5, 0.6) is 11.5 Å². The van der Waals surface area contributed by atoms with Crippen molar-refractivity contribution in [1.82, 2.24) is 4.90 Å². The molecule has 0 bridgehead atoms. The van der Waals surface area contributed by atoms with Gasteiger partial charge in [0.05, 0.1) is 23.9 Å². The third kappa shape index (κ3) is 6.75. The molecule has 0 unspecified atom stereocenters. The second kappa shape index (κ2) is 11.6. The Labute approximate surface area is 232 Å². The number of nitrogens with zero attached hydrogens (tertiary/aromatic N) is 3. The third-order valence-electron chi connectivity index (χ3n) is 6.04. The van der Waals surface area contributed by atoms with E-state index in [1.54, 1.807) is 23.4 Å². The molecule has 1 aliphatic rings. The van der Waals surface area contributed by atoms with Crippen LogP contribution in [0.3, 0.4) is 0 Å². The van der Waals surface area contributed by atoms with E-state index in [0.29, 0.717) is 21.6 Å². The zero-order valence-electron chi connectivity index (χ0n) is 22.1. The summed E-state index contributed by atoms with van der Waals surface area (Å²) < 4.78 is 11.5. The Morgan fingerprint density at radius 2 is 1.67 bits per heavy atom. The highest BCUT2D eigenvalue weighted by Crippen LogP contribution is 2.34. The fraction of sp³-hybridized carbons (Fsp3) is 0.156. The number of rotatable bonds is 7. The monoisotopic (exact) mass is 535 g/mol. The molecule has 1 saturated heterocycles. The molecule has 39 heavy (non-hydrogen) atoms. The number of amidine groups is 1. The van der Waals surface area contributed by atoms with Crippen LogP contribution in [0.1, 0.15) is 43.2 Å². The Bertz CT molecular complexity index is 1520. The van der Waals surface area contributed by atoms with E-state index in [2.05, 4.69) is 43.1 Å². The number of hydrogen-bond acceptors (Lipinski definition) is 6. The normalized spacial score (nSPS) is 16.1. The number of hydrogen-bond donors (Lipinski definition) is 0. The summed E-state index contributed by atoms with van der Waals surface area (Å²) in [5.41, 5.74) is 3.12. The Hall–Kier alpha value is -4.36. The minimum Gasteiger partial charge on any atom is -0.467 e. The van der Waals surface area contributed by atoms with Crippen LogP contribution in [0.15, 0.2) is 117 Å². The first-order valence-corrected chi connectivity index (χ1v) is 13.5. The van der Waals surface area contributed by atoms with Crippen LogP contribution < -0.4 is 4.74 Å². The van der Waals surface area contributed by atoms with E-state index in [-0.39, 0.29) is 17.9 Å². The molecule has 0 N–H and O–H groups in total. The van der Waals surface area contributed by atoms with Crippen molar-refractivity contribution in [2.24, 2.45) is 10.2 Å². The van der Waals surface area contributed by atoms with Crippen molar-refractivity contribution in [1.29, 1.82) is 0 Å². The molecule has 3 aromatic carbocycles. The van der Waals surface area contributed by atoms with E-state index in [0.717, 1.165) is 16.9 Å². The Kier molecular flexibility index (Phi) is 7.79. The van der Waals surface area contributed by atoms with Gasteiger partial charge in [-0.25, -0.2) is 0 Å². The van der Waals surface area contributed by atoms with E-state index in [4.69, 9.17) is 9.15 Å². The molecule has 4 aromatic rings. The summed E-state index contributed by atoms with van der Waals surface area (Å²) >= 11 is 1.29. The first-order valence-electron chi connectivity index (χ1n) is 12.6. The molecule has 1 aromatic heterocycles. The maximum Gasteiger partial charge on any atom is 0.267 e. The third-order valence-corrected chi connectivity index (χ3v) is 7.04. The fourth-order valence-electron chi connectivity index (χ4n) is 3.94. The minimum absolute atomic E-state index is 0.0824. The highest BCUT2D eigenvalue weighted by Gasteiger charge is 2.34. The lowest BCUT2D eigenvalue weighted by molar-refractivity contribution is -0.122. The molecular formula is C32H29N3O3S. The number of benzene rings is 3. The molecule has 5 rings (SSSR count). The van der Waals surface area contributed by atoms with E-state index < -0.39 is 0 Å². The average molecular weight is 536 g/mol. The second-order valence-electron chi connectivity index (χ2n) is 10.1. The number of carbonyl (C=O) groups excluding carboxylic acids is 1. The molecule has 0 saturated carbocycles. The summed E-state index contributed by atoms with van der Waals surface area (Å²) in [6.45, 7) is 6.81. The zero-order chi connectivity index (χ0) is 27.2. The highest BCUT2D eigenvalue weighted by molar-refractivity contribution is 8.18. The van der Waals surface area contributed by atoms with Gasteiger partial charge in [0.15, 0.2) is 5.17 Å². The molecule has 7 heteroatoms. The molecular weight excluding hydrogens is 506 g/mol.